The summed E-state index contributed by atoms with van der Waals surface area (Å²) in [4.78, 5) is 35.3. The fourth-order valence-corrected chi connectivity index (χ4v) is 3.47. The number of nitro benzene ring substituents is 1. The second kappa shape index (κ2) is 9.43. The fraction of sp³-hybridized carbons (Fsp3) is 0.0833. The summed E-state index contributed by atoms with van der Waals surface area (Å²) >= 11 is 0. The largest absolute Gasteiger partial charge is 0.507 e. The number of nitrogens with zero attached hydrogens (tertiary/aromatic N) is 4. The van der Waals surface area contributed by atoms with E-state index in [0.29, 0.717) is 16.6 Å². The number of carbonyl (C=O) groups excluding carboxylic acids is 2. The van der Waals surface area contributed by atoms with Crippen LogP contribution in [0.25, 0.3) is 10.9 Å². The molecule has 176 valence electrons. The second-order valence-corrected chi connectivity index (χ2v) is 7.65. The molecule has 0 bridgehead atoms. The number of azo groups is 1. The lowest BCUT2D eigenvalue weighted by Crippen LogP contribution is -2.18. The van der Waals surface area contributed by atoms with Crippen LogP contribution in [0, 0.1) is 17.0 Å². The number of nitro groups is 1. The highest BCUT2D eigenvalue weighted by atomic mass is 16.6. The first-order valence-electron chi connectivity index (χ1n) is 10.3. The third-order valence-electron chi connectivity index (χ3n) is 5.22. The summed E-state index contributed by atoms with van der Waals surface area (Å²) in [5.41, 5.74) is 1.23. The van der Waals surface area contributed by atoms with Gasteiger partial charge in [0.25, 0.3) is 11.6 Å². The fourth-order valence-electron chi connectivity index (χ4n) is 3.47. The lowest BCUT2D eigenvalue weighted by Gasteiger charge is -2.08. The SMILES string of the molecule is Cc1ccc(NC(=O)Cn2c(O)c(N=NC(=O)c3cc([N+](=O)[O-])ccc3O)c3ccccc32)cc1. The highest BCUT2D eigenvalue weighted by Crippen LogP contribution is 2.39. The van der Waals surface area contributed by atoms with Gasteiger partial charge in [-0.05, 0) is 31.2 Å². The molecule has 35 heavy (non-hydrogen) atoms. The van der Waals surface area contributed by atoms with Crippen LogP contribution in [0.5, 0.6) is 11.6 Å². The smallest absolute Gasteiger partial charge is 0.299 e. The molecule has 4 aromatic rings. The average molecular weight is 473 g/mol. The molecule has 0 radical (unpaired) electrons. The lowest BCUT2D eigenvalue weighted by molar-refractivity contribution is -0.384. The molecule has 2 amide bonds. The van der Waals surface area contributed by atoms with Gasteiger partial charge < -0.3 is 20.1 Å². The maximum atomic E-state index is 12.6. The minimum absolute atomic E-state index is 0.0676. The molecule has 11 heteroatoms. The number of aromatic nitrogens is 1. The Kier molecular flexibility index (Phi) is 6.23. The van der Waals surface area contributed by atoms with Crippen LogP contribution in [-0.2, 0) is 11.3 Å². The van der Waals surface area contributed by atoms with Gasteiger partial charge in [0.15, 0.2) is 5.69 Å². The van der Waals surface area contributed by atoms with Crippen molar-refractivity contribution < 1.29 is 24.7 Å². The summed E-state index contributed by atoms with van der Waals surface area (Å²) in [6.07, 6.45) is 0. The predicted octanol–water partition coefficient (Wildman–Crippen LogP) is 4.83. The molecule has 3 N–H and O–H groups in total. The van der Waals surface area contributed by atoms with Crippen LogP contribution in [0.4, 0.5) is 17.1 Å². The number of phenols is 1. The van der Waals surface area contributed by atoms with Crippen molar-refractivity contribution in [1.82, 2.24) is 4.57 Å². The lowest BCUT2D eigenvalue weighted by atomic mass is 10.1. The summed E-state index contributed by atoms with van der Waals surface area (Å²) in [6.45, 7) is 1.69. The quantitative estimate of drug-likeness (QED) is 0.206. The number of nitrogens with one attached hydrogen (secondary N) is 1. The number of non-ortho nitro benzene ring substituents is 1. The molecule has 0 aliphatic heterocycles. The van der Waals surface area contributed by atoms with E-state index in [1.165, 1.54) is 4.57 Å². The molecule has 0 spiro atoms. The normalized spacial score (nSPS) is 11.1. The van der Waals surface area contributed by atoms with Gasteiger partial charge in [-0.25, -0.2) is 0 Å². The number of fused-ring (bicyclic) bond motifs is 1. The average Bonchev–Trinajstić information content (AvgIpc) is 3.09. The number of phenolic OH excluding ortho intramolecular Hbond substituents is 1. The Bertz CT molecular complexity index is 1490. The first-order valence-corrected chi connectivity index (χ1v) is 10.3. The summed E-state index contributed by atoms with van der Waals surface area (Å²) in [5, 5.41) is 42.2. The molecule has 0 saturated carbocycles. The monoisotopic (exact) mass is 473 g/mol. The van der Waals surface area contributed by atoms with Crippen molar-refractivity contribution in [2.75, 3.05) is 5.32 Å². The van der Waals surface area contributed by atoms with Crippen molar-refractivity contribution in [1.29, 1.82) is 0 Å². The molecular formula is C24H19N5O6. The number of benzene rings is 3. The highest BCUT2D eigenvalue weighted by molar-refractivity contribution is 6.00. The molecular weight excluding hydrogens is 454 g/mol. The van der Waals surface area contributed by atoms with Crippen molar-refractivity contribution in [3.63, 3.8) is 0 Å². The third kappa shape index (κ3) is 4.83. The van der Waals surface area contributed by atoms with Gasteiger partial charge in [0.1, 0.15) is 12.3 Å². The first kappa shape index (κ1) is 23.1. The van der Waals surface area contributed by atoms with E-state index in [2.05, 4.69) is 15.5 Å². The van der Waals surface area contributed by atoms with E-state index in [0.717, 1.165) is 23.8 Å². The van der Waals surface area contributed by atoms with E-state index in [9.17, 15) is 29.9 Å². The topological polar surface area (TPSA) is 159 Å². The van der Waals surface area contributed by atoms with Crippen LogP contribution < -0.4 is 5.32 Å². The van der Waals surface area contributed by atoms with E-state index in [4.69, 9.17) is 0 Å². The van der Waals surface area contributed by atoms with Crippen molar-refractivity contribution in [3.8, 4) is 11.6 Å². The first-order chi connectivity index (χ1) is 16.7. The van der Waals surface area contributed by atoms with E-state index in [1.807, 2.05) is 19.1 Å². The van der Waals surface area contributed by atoms with Crippen LogP contribution in [0.15, 0.2) is 77.0 Å². The van der Waals surface area contributed by atoms with Gasteiger partial charge in [-0.2, -0.15) is 0 Å². The van der Waals surface area contributed by atoms with Crippen LogP contribution in [-0.4, -0.2) is 31.5 Å². The van der Waals surface area contributed by atoms with Crippen LogP contribution in [0.2, 0.25) is 0 Å². The van der Waals surface area contributed by atoms with Gasteiger partial charge in [-0.1, -0.05) is 35.9 Å². The van der Waals surface area contributed by atoms with Crippen LogP contribution in [0.3, 0.4) is 0 Å². The Hall–Kier alpha value is -5.06. The molecule has 0 aliphatic rings. The number of rotatable bonds is 6. The Balaban J connectivity index is 1.64. The molecule has 0 atom stereocenters. The summed E-state index contributed by atoms with van der Waals surface area (Å²) in [7, 11) is 0. The van der Waals surface area contributed by atoms with Crippen molar-refractivity contribution >= 4 is 39.8 Å². The maximum absolute atomic E-state index is 12.6. The Morgan fingerprint density at radius 2 is 1.77 bits per heavy atom. The number of amides is 2. The Morgan fingerprint density at radius 1 is 1.06 bits per heavy atom. The molecule has 1 heterocycles. The molecule has 3 aromatic carbocycles. The summed E-state index contributed by atoms with van der Waals surface area (Å²) in [5.74, 6) is -2.34. The maximum Gasteiger partial charge on any atom is 0.299 e. The molecule has 0 unspecified atom stereocenters. The minimum Gasteiger partial charge on any atom is -0.507 e. The van der Waals surface area contributed by atoms with Crippen molar-refractivity contribution in [2.24, 2.45) is 10.2 Å². The van der Waals surface area contributed by atoms with Gasteiger partial charge in [0.2, 0.25) is 11.8 Å². The number of aryl methyl sites for hydroxylation is 1. The molecule has 4 rings (SSSR count). The van der Waals surface area contributed by atoms with Crippen LogP contribution >= 0.6 is 0 Å². The zero-order chi connectivity index (χ0) is 25.1. The Labute approximate surface area is 198 Å². The van der Waals surface area contributed by atoms with Gasteiger partial charge in [-0.3, -0.25) is 19.7 Å². The zero-order valence-corrected chi connectivity index (χ0v) is 18.4. The van der Waals surface area contributed by atoms with Gasteiger partial charge in [0.05, 0.1) is 16.0 Å². The van der Waals surface area contributed by atoms with E-state index < -0.39 is 39.6 Å². The number of carbonyl (C=O) groups is 2. The van der Waals surface area contributed by atoms with Crippen molar-refractivity contribution in [2.45, 2.75) is 13.5 Å². The molecule has 0 saturated heterocycles. The molecule has 11 nitrogen and oxygen atoms in total. The zero-order valence-electron chi connectivity index (χ0n) is 18.4. The van der Waals surface area contributed by atoms with Gasteiger partial charge in [0, 0.05) is 23.2 Å². The molecule has 0 fully saturated rings. The van der Waals surface area contributed by atoms with Gasteiger partial charge >= 0.3 is 0 Å². The predicted molar refractivity (Wildman–Crippen MR) is 127 cm³/mol. The van der Waals surface area contributed by atoms with E-state index in [-0.39, 0.29) is 12.2 Å². The number of para-hydroxylation sites is 1. The van der Waals surface area contributed by atoms with E-state index in [1.54, 1.807) is 36.4 Å². The number of aromatic hydroxyl groups is 2. The number of hydrogen-bond acceptors (Lipinski definition) is 7. The molecule has 0 aliphatic carbocycles. The minimum atomic E-state index is -1.04. The summed E-state index contributed by atoms with van der Waals surface area (Å²) in [6, 6.07) is 16.9. The second-order valence-electron chi connectivity index (χ2n) is 7.65. The number of hydrogen-bond donors (Lipinski definition) is 3. The Morgan fingerprint density at radius 3 is 2.49 bits per heavy atom. The molecule has 1 aromatic heterocycles. The summed E-state index contributed by atoms with van der Waals surface area (Å²) < 4.78 is 1.32. The van der Waals surface area contributed by atoms with Gasteiger partial charge in [-0.15, -0.1) is 10.2 Å². The van der Waals surface area contributed by atoms with Crippen LogP contribution in [0.1, 0.15) is 15.9 Å². The number of anilines is 1. The van der Waals surface area contributed by atoms with Crippen molar-refractivity contribution in [3.05, 3.63) is 88.0 Å². The highest BCUT2D eigenvalue weighted by Gasteiger charge is 2.20. The standard InChI is InChI=1S/C24H19N5O6/c1-14-6-8-15(9-7-14)25-21(31)13-28-19-5-3-2-4-17(19)22(24(28)33)26-27-23(32)18-12-16(29(34)35)10-11-20(18)30/h2-12,30,33H,13H2,1H3,(H,25,31). The third-order valence-corrected chi connectivity index (χ3v) is 5.22. The van der Waals surface area contributed by atoms with E-state index >= 15 is 0 Å².